The van der Waals surface area contributed by atoms with Crippen LogP contribution >= 0.6 is 0 Å². The minimum atomic E-state index is -0.103. The third-order valence-corrected chi connectivity index (χ3v) is 5.82. The van der Waals surface area contributed by atoms with E-state index in [-0.39, 0.29) is 5.97 Å². The standard InChI is InChI=1S/C28H56O5/c1-3-5-7-8-9-10-11-12-13-14-15-16-17-18-23-33-28(29)20-19-22-31-25-27-32-26-24-30-21-6-4-2/h3-27H2,1-2H3. The van der Waals surface area contributed by atoms with Gasteiger partial charge in [-0.2, -0.15) is 0 Å². The Morgan fingerprint density at radius 2 is 0.818 bits per heavy atom. The summed E-state index contributed by atoms with van der Waals surface area (Å²) in [5.41, 5.74) is 0. The summed E-state index contributed by atoms with van der Waals surface area (Å²) >= 11 is 0. The number of rotatable bonds is 28. The Labute approximate surface area is 205 Å². The van der Waals surface area contributed by atoms with E-state index in [4.69, 9.17) is 18.9 Å². The SMILES string of the molecule is CCCCCCCCCCCCCCCCOC(=O)CCCOCCOCCOCCCC. The van der Waals surface area contributed by atoms with Crippen LogP contribution in [0, 0.1) is 0 Å². The molecule has 0 aliphatic carbocycles. The van der Waals surface area contributed by atoms with E-state index in [2.05, 4.69) is 13.8 Å². The van der Waals surface area contributed by atoms with Crippen molar-refractivity contribution in [3.63, 3.8) is 0 Å². The average Bonchev–Trinajstić information content (AvgIpc) is 2.82. The first-order valence-corrected chi connectivity index (χ1v) is 14.2. The number of hydrogen-bond donors (Lipinski definition) is 0. The Balaban J connectivity index is 3.13. The van der Waals surface area contributed by atoms with E-state index in [1.54, 1.807) is 0 Å². The second kappa shape index (κ2) is 29.4. The summed E-state index contributed by atoms with van der Waals surface area (Å²) < 4.78 is 21.7. The van der Waals surface area contributed by atoms with Gasteiger partial charge in [0, 0.05) is 19.6 Å². The van der Waals surface area contributed by atoms with Crippen LogP contribution in [0.4, 0.5) is 0 Å². The van der Waals surface area contributed by atoms with Gasteiger partial charge in [-0.25, -0.2) is 0 Å². The minimum Gasteiger partial charge on any atom is -0.466 e. The quantitative estimate of drug-likeness (QED) is 0.0865. The van der Waals surface area contributed by atoms with Crippen LogP contribution in [0.3, 0.4) is 0 Å². The van der Waals surface area contributed by atoms with Gasteiger partial charge in [0.25, 0.3) is 0 Å². The summed E-state index contributed by atoms with van der Waals surface area (Å²) in [6.45, 7) is 8.76. The van der Waals surface area contributed by atoms with Gasteiger partial charge in [0.15, 0.2) is 0 Å². The number of ether oxygens (including phenoxy) is 4. The largest absolute Gasteiger partial charge is 0.466 e. The summed E-state index contributed by atoms with van der Waals surface area (Å²) in [7, 11) is 0. The first kappa shape index (κ1) is 32.4. The summed E-state index contributed by atoms with van der Waals surface area (Å²) in [6.07, 6.45) is 22.1. The zero-order chi connectivity index (χ0) is 24.1. The molecule has 5 heteroatoms. The molecular weight excluding hydrogens is 416 g/mol. The number of carbonyl (C=O) groups excluding carboxylic acids is 1. The predicted molar refractivity (Wildman–Crippen MR) is 138 cm³/mol. The molecule has 0 unspecified atom stereocenters. The normalized spacial score (nSPS) is 11.2. The van der Waals surface area contributed by atoms with Crippen LogP contribution in [-0.4, -0.2) is 52.2 Å². The zero-order valence-corrected chi connectivity index (χ0v) is 22.2. The molecule has 0 heterocycles. The molecule has 0 aliphatic heterocycles. The van der Waals surface area contributed by atoms with E-state index in [9.17, 15) is 4.79 Å². The van der Waals surface area contributed by atoms with Crippen molar-refractivity contribution in [1.82, 2.24) is 0 Å². The molecule has 0 aromatic heterocycles. The summed E-state index contributed by atoms with van der Waals surface area (Å²) in [5, 5.41) is 0. The Morgan fingerprint density at radius 3 is 1.30 bits per heavy atom. The molecule has 0 saturated carbocycles. The van der Waals surface area contributed by atoms with Gasteiger partial charge in [-0.05, 0) is 19.3 Å². The third-order valence-electron chi connectivity index (χ3n) is 5.82. The summed E-state index contributed by atoms with van der Waals surface area (Å²) in [5.74, 6) is -0.103. The maximum absolute atomic E-state index is 11.7. The van der Waals surface area contributed by atoms with Crippen molar-refractivity contribution in [2.45, 2.75) is 129 Å². The smallest absolute Gasteiger partial charge is 0.305 e. The Hall–Kier alpha value is -0.650. The maximum atomic E-state index is 11.7. The van der Waals surface area contributed by atoms with Crippen molar-refractivity contribution in [3.8, 4) is 0 Å². The van der Waals surface area contributed by atoms with Gasteiger partial charge in [-0.3, -0.25) is 4.79 Å². The van der Waals surface area contributed by atoms with Crippen molar-refractivity contribution < 1.29 is 23.7 Å². The van der Waals surface area contributed by atoms with Gasteiger partial charge in [0.05, 0.1) is 33.0 Å². The third kappa shape index (κ3) is 29.3. The monoisotopic (exact) mass is 472 g/mol. The number of carbonyl (C=O) groups is 1. The van der Waals surface area contributed by atoms with Gasteiger partial charge in [0.1, 0.15) is 0 Å². The van der Waals surface area contributed by atoms with Gasteiger partial charge in [0.2, 0.25) is 0 Å². The Morgan fingerprint density at radius 1 is 0.424 bits per heavy atom. The van der Waals surface area contributed by atoms with E-state index in [1.165, 1.54) is 77.0 Å². The lowest BCUT2D eigenvalue weighted by Crippen LogP contribution is -2.11. The minimum absolute atomic E-state index is 0.103. The van der Waals surface area contributed by atoms with Gasteiger partial charge in [-0.1, -0.05) is 104 Å². The van der Waals surface area contributed by atoms with E-state index in [0.717, 1.165) is 32.3 Å². The zero-order valence-electron chi connectivity index (χ0n) is 22.2. The molecule has 0 saturated heterocycles. The molecule has 0 bridgehead atoms. The molecule has 0 amide bonds. The fraction of sp³-hybridized carbons (Fsp3) is 0.964. The second-order valence-corrected chi connectivity index (χ2v) is 9.11. The van der Waals surface area contributed by atoms with E-state index < -0.39 is 0 Å². The Bertz CT molecular complexity index is 375. The molecule has 0 rings (SSSR count). The second-order valence-electron chi connectivity index (χ2n) is 9.11. The summed E-state index contributed by atoms with van der Waals surface area (Å²) in [6, 6.07) is 0. The molecule has 0 fully saturated rings. The fourth-order valence-electron chi connectivity index (χ4n) is 3.66. The highest BCUT2D eigenvalue weighted by atomic mass is 16.5. The molecule has 0 atom stereocenters. The Kier molecular flexibility index (Phi) is 28.8. The highest BCUT2D eigenvalue weighted by Crippen LogP contribution is 2.13. The van der Waals surface area contributed by atoms with Gasteiger partial charge < -0.3 is 18.9 Å². The number of hydrogen-bond acceptors (Lipinski definition) is 5. The van der Waals surface area contributed by atoms with Gasteiger partial charge in [-0.15, -0.1) is 0 Å². The van der Waals surface area contributed by atoms with Crippen LogP contribution in [0.2, 0.25) is 0 Å². The van der Waals surface area contributed by atoms with Crippen LogP contribution in [0.25, 0.3) is 0 Å². The molecule has 0 aliphatic rings. The lowest BCUT2D eigenvalue weighted by Gasteiger charge is -2.07. The molecule has 198 valence electrons. The molecule has 0 N–H and O–H groups in total. The van der Waals surface area contributed by atoms with E-state index >= 15 is 0 Å². The number of esters is 1. The van der Waals surface area contributed by atoms with Crippen molar-refractivity contribution in [2.75, 3.05) is 46.2 Å². The first-order valence-electron chi connectivity index (χ1n) is 14.2. The molecule has 0 aromatic rings. The lowest BCUT2D eigenvalue weighted by molar-refractivity contribution is -0.144. The van der Waals surface area contributed by atoms with Crippen LogP contribution < -0.4 is 0 Å². The van der Waals surface area contributed by atoms with Crippen LogP contribution in [0.1, 0.15) is 129 Å². The highest BCUT2D eigenvalue weighted by molar-refractivity contribution is 5.69. The van der Waals surface area contributed by atoms with Crippen molar-refractivity contribution >= 4 is 5.97 Å². The van der Waals surface area contributed by atoms with E-state index in [0.29, 0.717) is 52.5 Å². The highest BCUT2D eigenvalue weighted by Gasteiger charge is 2.02. The van der Waals surface area contributed by atoms with Gasteiger partial charge >= 0.3 is 5.97 Å². The van der Waals surface area contributed by atoms with E-state index in [1.807, 2.05) is 0 Å². The molecule has 5 nitrogen and oxygen atoms in total. The molecule has 0 spiro atoms. The molecule has 0 aromatic carbocycles. The average molecular weight is 473 g/mol. The van der Waals surface area contributed by atoms with Crippen LogP contribution in [0.15, 0.2) is 0 Å². The maximum Gasteiger partial charge on any atom is 0.305 e. The van der Waals surface area contributed by atoms with Crippen molar-refractivity contribution in [1.29, 1.82) is 0 Å². The predicted octanol–water partition coefficient (Wildman–Crippen LogP) is 7.64. The van der Waals surface area contributed by atoms with Crippen LogP contribution in [0.5, 0.6) is 0 Å². The molecule has 33 heavy (non-hydrogen) atoms. The topological polar surface area (TPSA) is 54.0 Å². The van der Waals surface area contributed by atoms with Crippen LogP contribution in [-0.2, 0) is 23.7 Å². The number of unbranched alkanes of at least 4 members (excludes halogenated alkanes) is 14. The molecular formula is C28H56O5. The summed E-state index contributed by atoms with van der Waals surface area (Å²) in [4.78, 5) is 11.7. The van der Waals surface area contributed by atoms with Crippen molar-refractivity contribution in [2.24, 2.45) is 0 Å². The first-order chi connectivity index (χ1) is 16.3. The fourth-order valence-corrected chi connectivity index (χ4v) is 3.66. The van der Waals surface area contributed by atoms with Crippen molar-refractivity contribution in [3.05, 3.63) is 0 Å². The molecule has 0 radical (unpaired) electrons. The lowest BCUT2D eigenvalue weighted by atomic mass is 10.0.